The Balaban J connectivity index is 1.58. The lowest BCUT2D eigenvalue weighted by molar-refractivity contribution is 0.102. The number of hydrogen-bond donors (Lipinski definition) is 2. The number of nitrogens with one attached hydrogen (secondary N) is 2. The molecule has 1 amide bonds. The van der Waals surface area contributed by atoms with Crippen molar-refractivity contribution in [2.24, 2.45) is 0 Å². The van der Waals surface area contributed by atoms with Gasteiger partial charge in [0, 0.05) is 23.5 Å². The first kappa shape index (κ1) is 17.7. The highest BCUT2D eigenvalue weighted by Crippen LogP contribution is 2.25. The molecule has 2 aromatic heterocycles. The zero-order valence-electron chi connectivity index (χ0n) is 15.7. The van der Waals surface area contributed by atoms with Crippen LogP contribution in [0.1, 0.15) is 21.5 Å². The van der Waals surface area contributed by atoms with Gasteiger partial charge in [-0.15, -0.1) is 0 Å². The highest BCUT2D eigenvalue weighted by Gasteiger charge is 2.09. The highest BCUT2D eigenvalue weighted by molar-refractivity contribution is 6.04. The molecule has 0 aliphatic rings. The molecule has 2 heterocycles. The summed E-state index contributed by atoms with van der Waals surface area (Å²) in [5, 5.41) is 7.31. The van der Waals surface area contributed by atoms with Crippen molar-refractivity contribution in [1.82, 2.24) is 9.97 Å². The lowest BCUT2D eigenvalue weighted by Gasteiger charge is -2.11. The molecular formula is C23H20N4O. The van der Waals surface area contributed by atoms with Crippen LogP contribution in [0.4, 0.5) is 17.1 Å². The number of para-hydroxylation sites is 1. The summed E-state index contributed by atoms with van der Waals surface area (Å²) in [5.41, 5.74) is 5.93. The van der Waals surface area contributed by atoms with Gasteiger partial charge in [0.25, 0.3) is 5.91 Å². The number of pyridine rings is 2. The fourth-order valence-corrected chi connectivity index (χ4v) is 3.24. The molecule has 0 fully saturated rings. The predicted octanol–water partition coefficient (Wildman–Crippen LogP) is 5.24. The van der Waals surface area contributed by atoms with Gasteiger partial charge in [-0.05, 0) is 55.3 Å². The van der Waals surface area contributed by atoms with Crippen molar-refractivity contribution in [2.45, 2.75) is 13.8 Å². The van der Waals surface area contributed by atoms with Crippen molar-refractivity contribution in [3.63, 3.8) is 0 Å². The van der Waals surface area contributed by atoms with Gasteiger partial charge in [-0.1, -0.05) is 24.3 Å². The van der Waals surface area contributed by atoms with Gasteiger partial charge in [0.05, 0.1) is 28.7 Å². The van der Waals surface area contributed by atoms with Crippen LogP contribution in [-0.2, 0) is 0 Å². The molecule has 0 saturated heterocycles. The maximum Gasteiger partial charge on any atom is 0.257 e. The lowest BCUT2D eigenvalue weighted by atomic mass is 10.1. The summed E-state index contributed by atoms with van der Waals surface area (Å²) >= 11 is 0. The third-order valence-corrected chi connectivity index (χ3v) is 4.39. The second-order valence-electron chi connectivity index (χ2n) is 6.80. The summed E-state index contributed by atoms with van der Waals surface area (Å²) in [7, 11) is 0. The molecule has 0 unspecified atom stereocenters. The number of carbonyl (C=O) groups is 1. The zero-order chi connectivity index (χ0) is 19.5. The number of hydrogen-bond acceptors (Lipinski definition) is 4. The number of amides is 1. The van der Waals surface area contributed by atoms with Crippen molar-refractivity contribution in [3.05, 3.63) is 89.9 Å². The number of benzene rings is 2. The van der Waals surface area contributed by atoms with E-state index in [-0.39, 0.29) is 5.91 Å². The van der Waals surface area contributed by atoms with Gasteiger partial charge < -0.3 is 10.6 Å². The van der Waals surface area contributed by atoms with E-state index in [1.54, 1.807) is 24.7 Å². The third kappa shape index (κ3) is 3.83. The first-order valence-electron chi connectivity index (χ1n) is 9.04. The standard InChI is InChI=1S/C23H20N4O/c1-15-9-16(2)11-19(10-15)27-23(28)18-12-20(14-24-13-18)26-21-7-3-5-17-6-4-8-25-22(17)21/h3-14,26H,1-2H3,(H,27,28). The molecule has 0 atom stereocenters. The first-order chi connectivity index (χ1) is 13.6. The fourth-order valence-electron chi connectivity index (χ4n) is 3.24. The fraction of sp³-hybridized carbons (Fsp3) is 0.0870. The molecule has 0 bridgehead atoms. The Morgan fingerprint density at radius 3 is 2.50 bits per heavy atom. The van der Waals surface area contributed by atoms with E-state index in [1.807, 2.05) is 56.3 Å². The van der Waals surface area contributed by atoms with Crippen molar-refractivity contribution < 1.29 is 4.79 Å². The minimum absolute atomic E-state index is 0.197. The molecule has 0 radical (unpaired) electrons. The highest BCUT2D eigenvalue weighted by atomic mass is 16.1. The molecule has 4 aromatic rings. The number of aryl methyl sites for hydroxylation is 2. The maximum absolute atomic E-state index is 12.7. The number of rotatable bonds is 4. The quantitative estimate of drug-likeness (QED) is 0.517. The van der Waals surface area contributed by atoms with Crippen LogP contribution in [-0.4, -0.2) is 15.9 Å². The molecule has 2 N–H and O–H groups in total. The monoisotopic (exact) mass is 368 g/mol. The number of aromatic nitrogens is 2. The van der Waals surface area contributed by atoms with Crippen LogP contribution in [0.5, 0.6) is 0 Å². The van der Waals surface area contributed by atoms with Crippen LogP contribution in [0.3, 0.4) is 0 Å². The smallest absolute Gasteiger partial charge is 0.257 e. The van der Waals surface area contributed by atoms with E-state index in [1.165, 1.54) is 0 Å². The Labute approximate surface area is 163 Å². The summed E-state index contributed by atoms with van der Waals surface area (Å²) in [6.07, 6.45) is 5.01. The van der Waals surface area contributed by atoms with E-state index in [0.29, 0.717) is 5.56 Å². The topological polar surface area (TPSA) is 66.9 Å². The molecule has 2 aromatic carbocycles. The Morgan fingerprint density at radius 2 is 1.68 bits per heavy atom. The van der Waals surface area contributed by atoms with Gasteiger partial charge in [-0.3, -0.25) is 14.8 Å². The third-order valence-electron chi connectivity index (χ3n) is 4.39. The molecule has 0 spiro atoms. The van der Waals surface area contributed by atoms with Gasteiger partial charge in [0.1, 0.15) is 0 Å². The van der Waals surface area contributed by atoms with Crippen molar-refractivity contribution in [1.29, 1.82) is 0 Å². The number of anilines is 3. The van der Waals surface area contributed by atoms with E-state index in [0.717, 1.165) is 39.1 Å². The number of carbonyl (C=O) groups excluding carboxylic acids is 1. The van der Waals surface area contributed by atoms with Gasteiger partial charge in [0.2, 0.25) is 0 Å². The number of fused-ring (bicyclic) bond motifs is 1. The van der Waals surface area contributed by atoms with Crippen molar-refractivity contribution in [3.8, 4) is 0 Å². The van der Waals surface area contributed by atoms with E-state index < -0.39 is 0 Å². The predicted molar refractivity (Wildman–Crippen MR) is 113 cm³/mol. The molecule has 28 heavy (non-hydrogen) atoms. The van der Waals surface area contributed by atoms with Gasteiger partial charge in [0.15, 0.2) is 0 Å². The summed E-state index contributed by atoms with van der Waals surface area (Å²) in [6, 6.07) is 17.6. The molecule has 0 aliphatic heterocycles. The van der Waals surface area contributed by atoms with Gasteiger partial charge in [-0.2, -0.15) is 0 Å². The molecule has 5 nitrogen and oxygen atoms in total. The second kappa shape index (κ2) is 7.48. The van der Waals surface area contributed by atoms with Crippen LogP contribution in [0, 0.1) is 13.8 Å². The molecule has 0 aliphatic carbocycles. The lowest BCUT2D eigenvalue weighted by Crippen LogP contribution is -2.12. The van der Waals surface area contributed by atoms with Crippen LogP contribution in [0.25, 0.3) is 10.9 Å². The first-order valence-corrected chi connectivity index (χ1v) is 9.04. The van der Waals surface area contributed by atoms with Crippen LogP contribution >= 0.6 is 0 Å². The normalized spacial score (nSPS) is 10.6. The minimum Gasteiger partial charge on any atom is -0.352 e. The zero-order valence-corrected chi connectivity index (χ0v) is 15.7. The van der Waals surface area contributed by atoms with E-state index in [9.17, 15) is 4.79 Å². The summed E-state index contributed by atoms with van der Waals surface area (Å²) in [5.74, 6) is -0.197. The Bertz CT molecular complexity index is 1140. The Morgan fingerprint density at radius 1 is 0.893 bits per heavy atom. The van der Waals surface area contributed by atoms with Crippen LogP contribution in [0.15, 0.2) is 73.2 Å². The summed E-state index contributed by atoms with van der Waals surface area (Å²) < 4.78 is 0. The van der Waals surface area contributed by atoms with Gasteiger partial charge in [-0.25, -0.2) is 0 Å². The maximum atomic E-state index is 12.7. The average Bonchev–Trinajstić information content (AvgIpc) is 2.68. The molecule has 4 rings (SSSR count). The molecule has 5 heteroatoms. The molecule has 0 saturated carbocycles. The van der Waals surface area contributed by atoms with E-state index in [2.05, 4.69) is 26.7 Å². The minimum atomic E-state index is -0.197. The van der Waals surface area contributed by atoms with Crippen molar-refractivity contribution >= 4 is 33.9 Å². The van der Waals surface area contributed by atoms with E-state index in [4.69, 9.17) is 0 Å². The Kier molecular flexibility index (Phi) is 4.72. The van der Waals surface area contributed by atoms with E-state index >= 15 is 0 Å². The summed E-state index contributed by atoms with van der Waals surface area (Å²) in [4.78, 5) is 21.3. The van der Waals surface area contributed by atoms with Gasteiger partial charge >= 0.3 is 0 Å². The molecular weight excluding hydrogens is 348 g/mol. The van der Waals surface area contributed by atoms with Crippen LogP contribution in [0.2, 0.25) is 0 Å². The second-order valence-corrected chi connectivity index (χ2v) is 6.80. The largest absolute Gasteiger partial charge is 0.352 e. The van der Waals surface area contributed by atoms with Crippen molar-refractivity contribution in [2.75, 3.05) is 10.6 Å². The number of nitrogens with zero attached hydrogens (tertiary/aromatic N) is 2. The van der Waals surface area contributed by atoms with Crippen LogP contribution < -0.4 is 10.6 Å². The SMILES string of the molecule is Cc1cc(C)cc(NC(=O)c2cncc(Nc3cccc4cccnc34)c2)c1. The molecule has 138 valence electrons. The Hall–Kier alpha value is -3.73. The summed E-state index contributed by atoms with van der Waals surface area (Å²) in [6.45, 7) is 4.01. The average molecular weight is 368 g/mol.